The average Bonchev–Trinajstić information content (AvgIpc) is 2.79. The molecule has 0 fully saturated rings. The molecular weight excluding hydrogens is 352 g/mol. The number of nitrogens with one attached hydrogen (secondary N) is 1. The van der Waals surface area contributed by atoms with Crippen LogP contribution >= 0.6 is 0 Å². The van der Waals surface area contributed by atoms with Gasteiger partial charge in [-0.3, -0.25) is 4.99 Å². The highest BCUT2D eigenvalue weighted by Gasteiger charge is 2.21. The zero-order chi connectivity index (χ0) is 19.6. The third kappa shape index (κ3) is 3.34. The fourth-order valence-corrected chi connectivity index (χ4v) is 3.96. The lowest BCUT2D eigenvalue weighted by atomic mass is 9.97. The van der Waals surface area contributed by atoms with E-state index in [4.69, 9.17) is 4.99 Å². The Balaban J connectivity index is 1.68. The van der Waals surface area contributed by atoms with Crippen molar-refractivity contribution in [1.29, 1.82) is 0 Å². The van der Waals surface area contributed by atoms with Crippen LogP contribution in [-0.4, -0.2) is 5.71 Å². The maximum Gasteiger partial charge on any atom is 0.145 e. The molecule has 1 unspecified atom stereocenters. The highest BCUT2D eigenvalue weighted by Crippen LogP contribution is 2.31. The van der Waals surface area contributed by atoms with E-state index in [2.05, 4.69) is 109 Å². The number of hydrogen-bond acceptors (Lipinski definition) is 2. The van der Waals surface area contributed by atoms with Crippen LogP contribution in [-0.2, 0) is 0 Å². The third-order valence-electron chi connectivity index (χ3n) is 5.47. The average molecular weight is 374 g/mol. The zero-order valence-corrected chi connectivity index (χ0v) is 16.3. The Morgan fingerprint density at radius 2 is 1.45 bits per heavy atom. The second-order valence-electron chi connectivity index (χ2n) is 7.37. The highest BCUT2D eigenvalue weighted by atomic mass is 15.1. The summed E-state index contributed by atoms with van der Waals surface area (Å²) in [6.07, 6.45) is 2.05. The molecule has 1 aliphatic heterocycles. The molecular formula is C27H22N2. The van der Waals surface area contributed by atoms with Crippen LogP contribution in [0.5, 0.6) is 0 Å². The molecule has 1 atom stereocenters. The Morgan fingerprint density at radius 3 is 2.31 bits per heavy atom. The van der Waals surface area contributed by atoms with E-state index in [-0.39, 0.29) is 6.17 Å². The maximum atomic E-state index is 5.07. The number of aliphatic imine (C=N–C) groups is 1. The van der Waals surface area contributed by atoms with E-state index in [0.29, 0.717) is 0 Å². The molecule has 1 aliphatic rings. The first-order valence-corrected chi connectivity index (χ1v) is 9.95. The Hall–Kier alpha value is -3.65. The Morgan fingerprint density at radius 1 is 0.724 bits per heavy atom. The quantitative estimate of drug-likeness (QED) is 0.448. The summed E-state index contributed by atoms with van der Waals surface area (Å²) in [4.78, 5) is 5.07. The largest absolute Gasteiger partial charge is 0.359 e. The zero-order valence-electron chi connectivity index (χ0n) is 16.3. The smallest absolute Gasteiger partial charge is 0.145 e. The molecule has 4 aromatic rings. The molecule has 0 saturated carbocycles. The van der Waals surface area contributed by atoms with Crippen LogP contribution in [0.15, 0.2) is 108 Å². The number of benzene rings is 4. The van der Waals surface area contributed by atoms with Gasteiger partial charge in [0.2, 0.25) is 0 Å². The van der Waals surface area contributed by atoms with Gasteiger partial charge in [0.05, 0.1) is 5.71 Å². The van der Waals surface area contributed by atoms with Crippen molar-refractivity contribution < 1.29 is 0 Å². The van der Waals surface area contributed by atoms with Crippen LogP contribution in [0.2, 0.25) is 0 Å². The van der Waals surface area contributed by atoms with Crippen molar-refractivity contribution in [2.45, 2.75) is 13.1 Å². The van der Waals surface area contributed by atoms with Gasteiger partial charge in [-0.05, 0) is 40.5 Å². The number of nitrogens with zero attached hydrogens (tertiary/aromatic N) is 1. The summed E-state index contributed by atoms with van der Waals surface area (Å²) in [6, 6.07) is 33.9. The Labute approximate surface area is 171 Å². The van der Waals surface area contributed by atoms with Gasteiger partial charge in [-0.1, -0.05) is 97.1 Å². The lowest BCUT2D eigenvalue weighted by molar-refractivity contribution is 0.660. The van der Waals surface area contributed by atoms with E-state index in [0.717, 1.165) is 17.0 Å². The lowest BCUT2D eigenvalue weighted by Gasteiger charge is -2.26. The standard InChI is InChI=1S/C27H22N2/c1-19-10-5-7-15-22(19)27-28-25(21-12-3-2-4-13-21)18-26(29-27)24-17-9-14-20-11-6-8-16-23(20)24/h2-18,27,29H,1H3. The van der Waals surface area contributed by atoms with Crippen molar-refractivity contribution in [1.82, 2.24) is 5.32 Å². The summed E-state index contributed by atoms with van der Waals surface area (Å²) < 4.78 is 0. The number of rotatable bonds is 3. The summed E-state index contributed by atoms with van der Waals surface area (Å²) in [5.41, 5.74) is 6.87. The van der Waals surface area contributed by atoms with E-state index in [1.165, 1.54) is 27.5 Å². The first-order chi connectivity index (χ1) is 14.3. The summed E-state index contributed by atoms with van der Waals surface area (Å²) >= 11 is 0. The molecule has 2 heteroatoms. The predicted molar refractivity (Wildman–Crippen MR) is 122 cm³/mol. The molecule has 0 spiro atoms. The van der Waals surface area contributed by atoms with E-state index >= 15 is 0 Å². The molecule has 1 heterocycles. The topological polar surface area (TPSA) is 24.4 Å². The molecule has 5 rings (SSSR count). The van der Waals surface area contributed by atoms with Gasteiger partial charge in [0.1, 0.15) is 6.17 Å². The van der Waals surface area contributed by atoms with Crippen LogP contribution in [0.4, 0.5) is 0 Å². The van der Waals surface area contributed by atoms with Gasteiger partial charge >= 0.3 is 0 Å². The number of hydrogen-bond donors (Lipinski definition) is 1. The second-order valence-corrected chi connectivity index (χ2v) is 7.37. The van der Waals surface area contributed by atoms with Crippen LogP contribution in [0, 0.1) is 6.92 Å². The van der Waals surface area contributed by atoms with Crippen molar-refractivity contribution >= 4 is 22.2 Å². The van der Waals surface area contributed by atoms with Crippen LogP contribution in [0.25, 0.3) is 16.5 Å². The molecule has 4 aromatic carbocycles. The van der Waals surface area contributed by atoms with Crippen molar-refractivity contribution in [3.63, 3.8) is 0 Å². The predicted octanol–water partition coefficient (Wildman–Crippen LogP) is 6.28. The van der Waals surface area contributed by atoms with E-state index in [1.54, 1.807) is 0 Å². The summed E-state index contributed by atoms with van der Waals surface area (Å²) in [6.45, 7) is 2.14. The highest BCUT2D eigenvalue weighted by molar-refractivity contribution is 6.14. The normalized spacial score (nSPS) is 16.1. The van der Waals surface area contributed by atoms with Crippen molar-refractivity contribution in [3.8, 4) is 0 Å². The van der Waals surface area contributed by atoms with Gasteiger partial charge in [-0.15, -0.1) is 0 Å². The molecule has 140 valence electrons. The van der Waals surface area contributed by atoms with Crippen molar-refractivity contribution in [3.05, 3.63) is 125 Å². The first-order valence-electron chi connectivity index (χ1n) is 9.95. The minimum absolute atomic E-state index is 0.120. The Kier molecular flexibility index (Phi) is 4.45. The summed E-state index contributed by atoms with van der Waals surface area (Å²) in [5.74, 6) is 0. The number of fused-ring (bicyclic) bond motifs is 1. The molecule has 0 saturated heterocycles. The molecule has 29 heavy (non-hydrogen) atoms. The van der Waals surface area contributed by atoms with Gasteiger partial charge in [0.15, 0.2) is 0 Å². The fraction of sp³-hybridized carbons (Fsp3) is 0.0741. The maximum absolute atomic E-state index is 5.07. The summed E-state index contributed by atoms with van der Waals surface area (Å²) in [7, 11) is 0. The number of allylic oxidation sites excluding steroid dienone is 1. The SMILES string of the molecule is Cc1ccccc1C1N=C(c2ccccc2)C=C(c2cccc3ccccc23)N1. The molecule has 0 aromatic heterocycles. The fourth-order valence-electron chi connectivity index (χ4n) is 3.96. The van der Waals surface area contributed by atoms with Gasteiger partial charge < -0.3 is 5.32 Å². The van der Waals surface area contributed by atoms with Crippen LogP contribution in [0.3, 0.4) is 0 Å². The molecule has 1 N–H and O–H groups in total. The monoisotopic (exact) mass is 374 g/mol. The van der Waals surface area contributed by atoms with Crippen LogP contribution in [0.1, 0.15) is 28.4 Å². The second kappa shape index (κ2) is 7.40. The van der Waals surface area contributed by atoms with Crippen molar-refractivity contribution in [2.75, 3.05) is 0 Å². The molecule has 0 bridgehead atoms. The molecule has 2 nitrogen and oxygen atoms in total. The van der Waals surface area contributed by atoms with Gasteiger partial charge in [-0.25, -0.2) is 0 Å². The molecule has 0 aliphatic carbocycles. The van der Waals surface area contributed by atoms with Crippen molar-refractivity contribution in [2.24, 2.45) is 4.99 Å². The Bertz CT molecular complexity index is 1230. The van der Waals surface area contributed by atoms with Gasteiger partial charge in [0, 0.05) is 11.3 Å². The van der Waals surface area contributed by atoms with E-state index in [9.17, 15) is 0 Å². The molecule has 0 radical (unpaired) electrons. The van der Waals surface area contributed by atoms with Gasteiger partial charge in [-0.2, -0.15) is 0 Å². The number of aryl methyl sites for hydroxylation is 1. The third-order valence-corrected chi connectivity index (χ3v) is 5.47. The van der Waals surface area contributed by atoms with E-state index in [1.807, 2.05) is 6.07 Å². The lowest BCUT2D eigenvalue weighted by Crippen LogP contribution is -2.25. The van der Waals surface area contributed by atoms with E-state index < -0.39 is 0 Å². The van der Waals surface area contributed by atoms with Crippen LogP contribution < -0.4 is 5.32 Å². The molecule has 0 amide bonds. The minimum atomic E-state index is -0.120. The first kappa shape index (κ1) is 17.4. The summed E-state index contributed by atoms with van der Waals surface area (Å²) in [5, 5.41) is 6.17. The minimum Gasteiger partial charge on any atom is -0.359 e. The van der Waals surface area contributed by atoms with Gasteiger partial charge in [0.25, 0.3) is 0 Å².